The maximum Gasteiger partial charge on any atom is 0.255 e. The van der Waals surface area contributed by atoms with E-state index in [2.05, 4.69) is 27.6 Å². The number of hydrogen-bond acceptors (Lipinski definition) is 5. The van der Waals surface area contributed by atoms with Crippen LogP contribution in [0.1, 0.15) is 43.9 Å². The Kier molecular flexibility index (Phi) is 6.60. The van der Waals surface area contributed by atoms with E-state index in [0.29, 0.717) is 33.6 Å². The van der Waals surface area contributed by atoms with Gasteiger partial charge in [-0.3, -0.25) is 4.79 Å². The van der Waals surface area contributed by atoms with Crippen LogP contribution in [-0.2, 0) is 4.79 Å². The van der Waals surface area contributed by atoms with Gasteiger partial charge in [0.05, 0.1) is 5.57 Å². The van der Waals surface area contributed by atoms with Gasteiger partial charge in [-0.1, -0.05) is 61.0 Å². The highest BCUT2D eigenvalue weighted by Crippen LogP contribution is 2.37. The predicted molar refractivity (Wildman–Crippen MR) is 126 cm³/mol. The number of nitrogens with one attached hydrogen (secondary N) is 2. The minimum absolute atomic E-state index is 0.312. The van der Waals surface area contributed by atoms with Gasteiger partial charge in [-0.2, -0.15) is 4.98 Å². The van der Waals surface area contributed by atoms with Gasteiger partial charge in [-0.15, -0.1) is 5.10 Å². The van der Waals surface area contributed by atoms with Gasteiger partial charge in [0.2, 0.25) is 11.1 Å². The van der Waals surface area contributed by atoms with Gasteiger partial charge < -0.3 is 10.6 Å². The quantitative estimate of drug-likeness (QED) is 0.364. The summed E-state index contributed by atoms with van der Waals surface area (Å²) in [5, 5.41) is 11.4. The number of carbonyl (C=O) groups excluding carboxylic acids is 1. The number of nitrogens with zero attached hydrogens (tertiary/aromatic N) is 3. The van der Waals surface area contributed by atoms with Gasteiger partial charge in [0.25, 0.3) is 5.91 Å². The lowest BCUT2D eigenvalue weighted by atomic mass is 9.94. The number of unbranched alkanes of at least 4 members (excludes halogenated alkanes) is 1. The molecule has 4 rings (SSSR count). The third-order valence-electron chi connectivity index (χ3n) is 5.32. The first-order chi connectivity index (χ1) is 15.5. The molecule has 8 heteroatoms. The molecule has 2 N–H and O–H groups in total. The van der Waals surface area contributed by atoms with Crippen molar-refractivity contribution in [1.29, 1.82) is 0 Å². The smallest absolute Gasteiger partial charge is 0.255 e. The molecule has 0 saturated carbocycles. The van der Waals surface area contributed by atoms with Gasteiger partial charge >= 0.3 is 0 Å². The number of anilines is 2. The van der Waals surface area contributed by atoms with Crippen LogP contribution in [0.25, 0.3) is 0 Å². The summed E-state index contributed by atoms with van der Waals surface area (Å²) in [5.41, 5.74) is 3.17. The maximum absolute atomic E-state index is 14.9. The lowest BCUT2D eigenvalue weighted by Crippen LogP contribution is -2.32. The number of carbonyl (C=O) groups is 1. The van der Waals surface area contributed by atoms with Gasteiger partial charge in [-0.05, 0) is 38.5 Å². The molecule has 166 valence electrons. The van der Waals surface area contributed by atoms with E-state index >= 15 is 0 Å². The van der Waals surface area contributed by atoms with Gasteiger partial charge in [0.1, 0.15) is 11.9 Å². The summed E-state index contributed by atoms with van der Waals surface area (Å²) in [5.74, 6) is 0.696. The Morgan fingerprint density at radius 2 is 1.94 bits per heavy atom. The first kappa shape index (κ1) is 22.1. The summed E-state index contributed by atoms with van der Waals surface area (Å²) in [4.78, 5) is 18.0. The predicted octanol–water partition coefficient (Wildman–Crippen LogP) is 5.55. The highest BCUT2D eigenvalue weighted by Gasteiger charge is 2.35. The number of rotatable bonds is 7. The summed E-state index contributed by atoms with van der Waals surface area (Å²) < 4.78 is 16.5. The lowest BCUT2D eigenvalue weighted by molar-refractivity contribution is -0.113. The number of aromatic nitrogens is 3. The molecule has 0 spiro atoms. The molecule has 1 aliphatic rings. The summed E-state index contributed by atoms with van der Waals surface area (Å²) in [6.07, 6.45) is 2.14. The van der Waals surface area contributed by atoms with Gasteiger partial charge in [0, 0.05) is 22.7 Å². The number of halogens is 1. The zero-order valence-electron chi connectivity index (χ0n) is 18.4. The van der Waals surface area contributed by atoms with E-state index in [1.54, 1.807) is 41.6 Å². The lowest BCUT2D eigenvalue weighted by Gasteiger charge is -2.28. The fraction of sp³-hybridized carbons (Fsp3) is 0.292. The summed E-state index contributed by atoms with van der Waals surface area (Å²) >= 11 is 1.56. The number of aryl methyl sites for hydroxylation is 1. The number of benzene rings is 2. The zero-order chi connectivity index (χ0) is 22.7. The van der Waals surface area contributed by atoms with E-state index in [1.165, 1.54) is 6.07 Å². The SMILES string of the molecule is CCCCSc1nc2n(n1)C(c1ccccc1F)C(C(=O)Nc1ccc(C)cc1)=C(C)N2. The first-order valence-corrected chi connectivity index (χ1v) is 11.7. The third-order valence-corrected chi connectivity index (χ3v) is 6.24. The molecule has 1 aromatic heterocycles. The second-order valence-corrected chi connectivity index (χ2v) is 8.83. The van der Waals surface area contributed by atoms with Crippen molar-refractivity contribution in [3.05, 3.63) is 76.7 Å². The van der Waals surface area contributed by atoms with Crippen LogP contribution in [0.4, 0.5) is 16.0 Å². The summed E-state index contributed by atoms with van der Waals surface area (Å²) in [6.45, 7) is 5.92. The van der Waals surface area contributed by atoms with Crippen molar-refractivity contribution >= 4 is 29.3 Å². The van der Waals surface area contributed by atoms with E-state index in [9.17, 15) is 9.18 Å². The Hall–Kier alpha value is -3.13. The second-order valence-electron chi connectivity index (χ2n) is 7.77. The fourth-order valence-corrected chi connectivity index (χ4v) is 4.53. The van der Waals surface area contributed by atoms with Crippen molar-refractivity contribution in [3.63, 3.8) is 0 Å². The van der Waals surface area contributed by atoms with Crippen LogP contribution in [0, 0.1) is 12.7 Å². The minimum atomic E-state index is -0.731. The average Bonchev–Trinajstić information content (AvgIpc) is 3.17. The van der Waals surface area contributed by atoms with Crippen molar-refractivity contribution in [2.45, 2.75) is 44.8 Å². The van der Waals surface area contributed by atoms with E-state index in [4.69, 9.17) is 0 Å². The number of thioether (sulfide) groups is 1. The number of amides is 1. The van der Waals surface area contributed by atoms with E-state index < -0.39 is 11.9 Å². The Balaban J connectivity index is 1.73. The molecule has 1 atom stereocenters. The van der Waals surface area contributed by atoms with Crippen molar-refractivity contribution < 1.29 is 9.18 Å². The molecule has 0 fully saturated rings. The number of hydrogen-bond donors (Lipinski definition) is 2. The van der Waals surface area contributed by atoms with Crippen LogP contribution in [0.3, 0.4) is 0 Å². The normalized spacial score (nSPS) is 15.3. The Bertz CT molecular complexity index is 1160. The fourth-order valence-electron chi connectivity index (χ4n) is 3.61. The molecular formula is C24H26FN5OS. The van der Waals surface area contributed by atoms with E-state index in [0.717, 1.165) is 24.2 Å². The van der Waals surface area contributed by atoms with Crippen LogP contribution in [0.2, 0.25) is 0 Å². The number of allylic oxidation sites excluding steroid dienone is 1. The van der Waals surface area contributed by atoms with E-state index in [-0.39, 0.29) is 5.91 Å². The topological polar surface area (TPSA) is 71.8 Å². The van der Waals surface area contributed by atoms with Crippen LogP contribution in [0.5, 0.6) is 0 Å². The van der Waals surface area contributed by atoms with Crippen molar-refractivity contribution in [1.82, 2.24) is 14.8 Å². The Morgan fingerprint density at radius 1 is 1.19 bits per heavy atom. The molecular weight excluding hydrogens is 425 g/mol. The first-order valence-electron chi connectivity index (χ1n) is 10.7. The molecule has 2 heterocycles. The second kappa shape index (κ2) is 9.56. The molecule has 0 bridgehead atoms. The van der Waals surface area contributed by atoms with E-state index in [1.807, 2.05) is 31.2 Å². The van der Waals surface area contributed by atoms with Crippen LogP contribution in [-0.4, -0.2) is 26.4 Å². The average molecular weight is 452 g/mol. The molecule has 32 heavy (non-hydrogen) atoms. The Morgan fingerprint density at radius 3 is 2.66 bits per heavy atom. The van der Waals surface area contributed by atoms with Crippen molar-refractivity contribution in [2.24, 2.45) is 0 Å². The third kappa shape index (κ3) is 4.55. The summed E-state index contributed by atoms with van der Waals surface area (Å²) in [7, 11) is 0. The molecule has 1 aliphatic heterocycles. The van der Waals surface area contributed by atoms with Gasteiger partial charge in [0.15, 0.2) is 0 Å². The zero-order valence-corrected chi connectivity index (χ0v) is 19.2. The van der Waals surface area contributed by atoms with Crippen molar-refractivity contribution in [2.75, 3.05) is 16.4 Å². The molecule has 6 nitrogen and oxygen atoms in total. The van der Waals surface area contributed by atoms with Crippen molar-refractivity contribution in [3.8, 4) is 0 Å². The van der Waals surface area contributed by atoms with Gasteiger partial charge in [-0.25, -0.2) is 9.07 Å². The minimum Gasteiger partial charge on any atom is -0.328 e. The molecule has 1 unspecified atom stereocenters. The molecule has 0 aliphatic carbocycles. The molecule has 0 radical (unpaired) electrons. The Labute approximate surface area is 191 Å². The molecule has 0 saturated heterocycles. The number of fused-ring (bicyclic) bond motifs is 1. The highest BCUT2D eigenvalue weighted by molar-refractivity contribution is 7.99. The molecule has 3 aromatic rings. The van der Waals surface area contributed by atoms with Crippen LogP contribution in [0.15, 0.2) is 65.0 Å². The monoisotopic (exact) mass is 451 g/mol. The molecule has 2 aromatic carbocycles. The van der Waals surface area contributed by atoms with Crippen LogP contribution < -0.4 is 10.6 Å². The molecule has 1 amide bonds. The highest BCUT2D eigenvalue weighted by atomic mass is 32.2. The standard InChI is InChI=1S/C24H26FN5OS/c1-4-5-14-32-24-28-23-26-16(3)20(22(31)27-17-12-10-15(2)11-13-17)21(30(23)29-24)18-8-6-7-9-19(18)25/h6-13,21H,4-5,14H2,1-3H3,(H,27,31)(H,26,28,29). The summed E-state index contributed by atoms with van der Waals surface area (Å²) in [6, 6.07) is 13.3. The van der Waals surface area contributed by atoms with Crippen LogP contribution >= 0.6 is 11.8 Å². The largest absolute Gasteiger partial charge is 0.328 e. The maximum atomic E-state index is 14.9.